The van der Waals surface area contributed by atoms with Gasteiger partial charge in [0.25, 0.3) is 0 Å². The van der Waals surface area contributed by atoms with E-state index in [0.29, 0.717) is 22.3 Å². The molecule has 5 rings (SSSR count). The molecule has 0 amide bonds. The van der Waals surface area contributed by atoms with Crippen LogP contribution in [0.1, 0.15) is 47.8 Å². The highest BCUT2D eigenvalue weighted by molar-refractivity contribution is 7.89. The lowest BCUT2D eigenvalue weighted by atomic mass is 10.0. The van der Waals surface area contributed by atoms with E-state index in [9.17, 15) is 18.3 Å². The van der Waals surface area contributed by atoms with Crippen molar-refractivity contribution >= 4 is 27.3 Å². The van der Waals surface area contributed by atoms with Crippen LogP contribution in [-0.4, -0.2) is 34.3 Å². The van der Waals surface area contributed by atoms with Gasteiger partial charge in [-0.05, 0) is 37.1 Å². The molecule has 0 saturated heterocycles. The molecule has 9 nitrogen and oxygen atoms in total. The van der Waals surface area contributed by atoms with Gasteiger partial charge in [0.15, 0.2) is 11.4 Å². The van der Waals surface area contributed by atoms with Crippen molar-refractivity contribution in [2.75, 3.05) is 0 Å². The van der Waals surface area contributed by atoms with E-state index < -0.39 is 16.0 Å². The predicted octanol–water partition coefficient (Wildman–Crippen LogP) is 4.79. The van der Waals surface area contributed by atoms with Gasteiger partial charge < -0.3 is 9.84 Å². The molecule has 0 aliphatic heterocycles. The van der Waals surface area contributed by atoms with E-state index in [4.69, 9.17) is 15.0 Å². The molecular weight excluding hydrogens is 488 g/mol. The van der Waals surface area contributed by atoms with Crippen molar-refractivity contribution in [3.63, 3.8) is 0 Å². The van der Waals surface area contributed by atoms with Gasteiger partial charge >= 0.3 is 5.97 Å². The van der Waals surface area contributed by atoms with Gasteiger partial charge in [-0.2, -0.15) is 5.10 Å². The van der Waals surface area contributed by atoms with Gasteiger partial charge in [0.1, 0.15) is 11.4 Å². The number of carbonyl (C=O) groups is 1. The summed E-state index contributed by atoms with van der Waals surface area (Å²) in [4.78, 5) is 15.7. The molecule has 0 bridgehead atoms. The quantitative estimate of drug-likeness (QED) is 0.364. The Morgan fingerprint density at radius 2 is 1.77 bits per heavy atom. The van der Waals surface area contributed by atoms with Crippen LogP contribution in [-0.2, 0) is 10.0 Å². The summed E-state index contributed by atoms with van der Waals surface area (Å²) in [6.07, 6.45) is 4.02. The molecule has 0 radical (unpaired) electrons. The van der Waals surface area contributed by atoms with Crippen molar-refractivity contribution in [3.05, 3.63) is 71.4 Å². The molecule has 4 aromatic rings. The lowest BCUT2D eigenvalue weighted by molar-refractivity contribution is 0.0691. The molecule has 1 fully saturated rings. The second kappa shape index (κ2) is 9.25. The van der Waals surface area contributed by atoms with E-state index in [-0.39, 0.29) is 16.5 Å². The number of primary sulfonamides is 1. The number of carboxylic acid groups (broad SMARTS) is 1. The maximum absolute atomic E-state index is 11.7. The zero-order valence-corrected chi connectivity index (χ0v) is 20.1. The average Bonchev–Trinajstić information content (AvgIpc) is 3.59. The second-order valence-electron chi connectivity index (χ2n) is 8.26. The summed E-state index contributed by atoms with van der Waals surface area (Å²) in [7, 11) is -3.83. The molecule has 11 heteroatoms. The number of thiazole rings is 1. The van der Waals surface area contributed by atoms with Crippen LogP contribution < -0.4 is 9.88 Å². The number of rotatable bonds is 7. The summed E-state index contributed by atoms with van der Waals surface area (Å²) in [5, 5.41) is 21.4. The molecule has 0 unspecified atom stereocenters. The van der Waals surface area contributed by atoms with Crippen LogP contribution in [0.25, 0.3) is 16.4 Å². The van der Waals surface area contributed by atoms with Crippen LogP contribution in [0.4, 0.5) is 0 Å². The molecule has 180 valence electrons. The molecule has 2 heterocycles. The average molecular weight is 511 g/mol. The SMILES string of the molecule is NS(=O)(=O)c1ccc(Oc2c(-c3ccccc3)nn(-c3nc(C(=O)O)cs3)c2C2CCCC2)cc1. The van der Waals surface area contributed by atoms with Crippen molar-refractivity contribution in [2.45, 2.75) is 36.5 Å². The predicted molar refractivity (Wildman–Crippen MR) is 131 cm³/mol. The number of carboxylic acids is 1. The zero-order chi connectivity index (χ0) is 24.6. The highest BCUT2D eigenvalue weighted by Gasteiger charge is 2.31. The Morgan fingerprint density at radius 1 is 1.09 bits per heavy atom. The Labute approximate surface area is 205 Å². The third-order valence-electron chi connectivity index (χ3n) is 5.93. The maximum atomic E-state index is 11.7. The van der Waals surface area contributed by atoms with E-state index in [2.05, 4.69) is 4.98 Å². The normalized spacial score (nSPS) is 14.3. The highest BCUT2D eigenvalue weighted by atomic mass is 32.2. The summed E-state index contributed by atoms with van der Waals surface area (Å²) in [6, 6.07) is 15.5. The molecule has 3 N–H and O–H groups in total. The Hall–Kier alpha value is -3.54. The standard InChI is InChI=1S/C24H22N4O5S2/c25-35(31,32)18-12-10-17(11-13-18)33-22-20(15-6-2-1-3-7-15)27-28(21(22)16-8-4-5-9-16)24-26-19(14-34-24)23(29)30/h1-3,6-7,10-14,16H,4-5,8-9H2,(H,29,30)(H2,25,31,32). The van der Waals surface area contributed by atoms with E-state index >= 15 is 0 Å². The molecule has 1 aliphatic carbocycles. The lowest BCUT2D eigenvalue weighted by Crippen LogP contribution is -2.11. The fourth-order valence-electron chi connectivity index (χ4n) is 4.28. The smallest absolute Gasteiger partial charge is 0.355 e. The monoisotopic (exact) mass is 510 g/mol. The molecule has 35 heavy (non-hydrogen) atoms. The minimum absolute atomic E-state index is 0.0103. The minimum atomic E-state index is -3.83. The third-order valence-corrected chi connectivity index (χ3v) is 7.67. The fourth-order valence-corrected chi connectivity index (χ4v) is 5.56. The van der Waals surface area contributed by atoms with Crippen molar-refractivity contribution in [1.29, 1.82) is 0 Å². The summed E-state index contributed by atoms with van der Waals surface area (Å²) in [5.74, 6) is 0.0184. The number of benzene rings is 2. The van der Waals surface area contributed by atoms with Gasteiger partial charge in [-0.3, -0.25) is 0 Å². The number of nitrogens with zero attached hydrogens (tertiary/aromatic N) is 3. The number of sulfonamides is 1. The van der Waals surface area contributed by atoms with Gasteiger partial charge in [-0.25, -0.2) is 28.0 Å². The lowest BCUT2D eigenvalue weighted by Gasteiger charge is -2.15. The van der Waals surface area contributed by atoms with E-state index in [1.165, 1.54) is 28.8 Å². The fraction of sp³-hybridized carbons (Fsp3) is 0.208. The Morgan fingerprint density at radius 3 is 2.37 bits per heavy atom. The topological polar surface area (TPSA) is 137 Å². The van der Waals surface area contributed by atoms with Crippen molar-refractivity contribution < 1.29 is 23.1 Å². The molecule has 1 saturated carbocycles. The number of nitrogens with two attached hydrogens (primary N) is 1. The van der Waals surface area contributed by atoms with Gasteiger partial charge in [-0.1, -0.05) is 43.2 Å². The molecule has 2 aromatic heterocycles. The van der Waals surface area contributed by atoms with Crippen molar-refractivity contribution in [2.24, 2.45) is 5.14 Å². The Bertz CT molecular complexity index is 1470. The number of hydrogen-bond donors (Lipinski definition) is 2. The molecule has 0 atom stereocenters. The number of hydrogen-bond acceptors (Lipinski definition) is 7. The van der Waals surface area contributed by atoms with E-state index in [0.717, 1.165) is 36.9 Å². The molecule has 2 aromatic carbocycles. The molecule has 1 aliphatic rings. The summed E-state index contributed by atoms with van der Waals surface area (Å²) < 4.78 is 31.4. The van der Waals surface area contributed by atoms with Gasteiger partial charge in [0.05, 0.1) is 10.6 Å². The van der Waals surface area contributed by atoms with Crippen molar-refractivity contribution in [3.8, 4) is 27.9 Å². The van der Waals surface area contributed by atoms with Crippen LogP contribution >= 0.6 is 11.3 Å². The minimum Gasteiger partial charge on any atom is -0.476 e. The maximum Gasteiger partial charge on any atom is 0.355 e. The molecular formula is C24H22N4O5S2. The van der Waals surface area contributed by atoms with Gasteiger partial charge in [0.2, 0.25) is 15.2 Å². The van der Waals surface area contributed by atoms with Gasteiger partial charge in [0, 0.05) is 16.9 Å². The van der Waals surface area contributed by atoms with Crippen molar-refractivity contribution in [1.82, 2.24) is 14.8 Å². The van der Waals surface area contributed by atoms with Crippen LogP contribution in [0.5, 0.6) is 11.5 Å². The number of aromatic carboxylic acids is 1. The first-order valence-electron chi connectivity index (χ1n) is 11.0. The first kappa shape index (κ1) is 23.2. The first-order valence-corrected chi connectivity index (χ1v) is 13.4. The Kier molecular flexibility index (Phi) is 6.13. The second-order valence-corrected chi connectivity index (χ2v) is 10.7. The Balaban J connectivity index is 1.68. The van der Waals surface area contributed by atoms with Gasteiger partial charge in [-0.15, -0.1) is 11.3 Å². The summed E-state index contributed by atoms with van der Waals surface area (Å²) >= 11 is 1.20. The summed E-state index contributed by atoms with van der Waals surface area (Å²) in [5.41, 5.74) is 2.20. The first-order chi connectivity index (χ1) is 16.8. The highest BCUT2D eigenvalue weighted by Crippen LogP contribution is 2.46. The van der Waals surface area contributed by atoms with E-state index in [1.807, 2.05) is 30.3 Å². The van der Waals surface area contributed by atoms with E-state index in [1.54, 1.807) is 16.8 Å². The zero-order valence-electron chi connectivity index (χ0n) is 18.5. The summed E-state index contributed by atoms with van der Waals surface area (Å²) in [6.45, 7) is 0. The van der Waals surface area contributed by atoms with Crippen LogP contribution in [0, 0.1) is 0 Å². The largest absolute Gasteiger partial charge is 0.476 e. The number of ether oxygens (including phenoxy) is 1. The molecule has 0 spiro atoms. The number of aromatic nitrogens is 3. The van der Waals surface area contributed by atoms with Crippen LogP contribution in [0.2, 0.25) is 0 Å². The van der Waals surface area contributed by atoms with Crippen LogP contribution in [0.15, 0.2) is 64.9 Å². The third kappa shape index (κ3) is 4.70. The van der Waals surface area contributed by atoms with Crippen LogP contribution in [0.3, 0.4) is 0 Å².